The molecule has 0 unspecified atom stereocenters. The van der Waals surface area contributed by atoms with E-state index in [-0.39, 0.29) is 17.6 Å². The number of halogens is 1. The Labute approximate surface area is 143 Å². The van der Waals surface area contributed by atoms with E-state index in [4.69, 9.17) is 4.52 Å². The second-order valence-electron chi connectivity index (χ2n) is 5.50. The van der Waals surface area contributed by atoms with Crippen molar-refractivity contribution in [2.24, 2.45) is 0 Å². The summed E-state index contributed by atoms with van der Waals surface area (Å²) in [5, 5.41) is 10.7. The Morgan fingerprint density at radius 3 is 2.80 bits per heavy atom. The van der Waals surface area contributed by atoms with E-state index in [0.29, 0.717) is 37.1 Å². The molecule has 130 valence electrons. The van der Waals surface area contributed by atoms with Gasteiger partial charge in [0, 0.05) is 13.0 Å². The Morgan fingerprint density at radius 2 is 2.12 bits per heavy atom. The van der Waals surface area contributed by atoms with Crippen LogP contribution in [0.4, 0.5) is 10.3 Å². The van der Waals surface area contributed by atoms with Gasteiger partial charge in [-0.15, -0.1) is 0 Å². The molecule has 7 nitrogen and oxygen atoms in total. The van der Waals surface area contributed by atoms with E-state index in [9.17, 15) is 9.18 Å². The molecule has 0 bridgehead atoms. The average Bonchev–Trinajstić information content (AvgIpc) is 3.25. The van der Waals surface area contributed by atoms with E-state index in [1.165, 1.54) is 18.5 Å². The summed E-state index contributed by atoms with van der Waals surface area (Å²) in [6.45, 7) is 2.55. The van der Waals surface area contributed by atoms with E-state index in [0.717, 1.165) is 5.56 Å². The van der Waals surface area contributed by atoms with Crippen LogP contribution in [0.1, 0.15) is 25.5 Å². The van der Waals surface area contributed by atoms with Crippen molar-refractivity contribution < 1.29 is 13.7 Å². The highest BCUT2D eigenvalue weighted by Crippen LogP contribution is 2.32. The first-order chi connectivity index (χ1) is 12.2. The van der Waals surface area contributed by atoms with Crippen molar-refractivity contribution in [3.05, 3.63) is 48.4 Å². The largest absolute Gasteiger partial charge is 0.337 e. The Hall–Kier alpha value is -3.03. The van der Waals surface area contributed by atoms with Gasteiger partial charge in [0.1, 0.15) is 18.5 Å². The van der Waals surface area contributed by atoms with Crippen molar-refractivity contribution in [3.8, 4) is 11.1 Å². The van der Waals surface area contributed by atoms with Gasteiger partial charge in [-0.05, 0) is 30.5 Å². The van der Waals surface area contributed by atoms with Crippen LogP contribution >= 0.6 is 0 Å². The topological polar surface area (TPSA) is 85.8 Å². The van der Waals surface area contributed by atoms with Gasteiger partial charge < -0.3 is 4.52 Å². The quantitative estimate of drug-likeness (QED) is 0.712. The zero-order valence-electron chi connectivity index (χ0n) is 13.8. The van der Waals surface area contributed by atoms with Gasteiger partial charge in [0.15, 0.2) is 0 Å². The van der Waals surface area contributed by atoms with E-state index in [2.05, 4.69) is 20.6 Å². The summed E-state index contributed by atoms with van der Waals surface area (Å²) in [5.74, 6) is -0.214. The molecule has 0 aliphatic carbocycles. The number of carbonyl (C=O) groups is 1. The second kappa shape index (κ2) is 7.69. The Kier molecular flexibility index (Phi) is 5.17. The fourth-order valence-corrected chi connectivity index (χ4v) is 2.50. The predicted molar refractivity (Wildman–Crippen MR) is 89.2 cm³/mol. The summed E-state index contributed by atoms with van der Waals surface area (Å²) >= 11 is 0. The number of nitrogens with one attached hydrogen (secondary N) is 1. The molecule has 2 aromatic heterocycles. The molecule has 3 rings (SSSR count). The SMILES string of the molecule is CCc1noc(NC(=O)CCCn2cncn2)c1-c1ccc(F)cc1. The maximum atomic E-state index is 13.2. The molecule has 25 heavy (non-hydrogen) atoms. The maximum Gasteiger partial charge on any atom is 0.239 e. The fourth-order valence-electron chi connectivity index (χ4n) is 2.50. The van der Waals surface area contributed by atoms with Gasteiger partial charge in [-0.2, -0.15) is 5.10 Å². The lowest BCUT2D eigenvalue weighted by Gasteiger charge is -2.06. The summed E-state index contributed by atoms with van der Waals surface area (Å²) < 4.78 is 20.1. The lowest BCUT2D eigenvalue weighted by molar-refractivity contribution is -0.116. The molecule has 0 aliphatic heterocycles. The van der Waals surface area contributed by atoms with Crippen LogP contribution in [0.25, 0.3) is 11.1 Å². The Morgan fingerprint density at radius 1 is 1.32 bits per heavy atom. The molecule has 0 atom stereocenters. The molecular weight excluding hydrogens is 325 g/mol. The second-order valence-corrected chi connectivity index (χ2v) is 5.50. The minimum atomic E-state index is -0.322. The molecule has 1 N–H and O–H groups in total. The molecule has 0 saturated carbocycles. The summed E-state index contributed by atoms with van der Waals surface area (Å²) in [6, 6.07) is 6.01. The minimum Gasteiger partial charge on any atom is -0.337 e. The highest BCUT2D eigenvalue weighted by atomic mass is 19.1. The van der Waals surface area contributed by atoms with E-state index < -0.39 is 0 Å². The standard InChI is InChI=1S/C17H18FN5O2/c1-2-14-16(12-5-7-13(18)8-6-12)17(25-22-14)21-15(24)4-3-9-23-11-19-10-20-23/h5-8,10-11H,2-4,9H2,1H3,(H,21,24). The summed E-state index contributed by atoms with van der Waals surface area (Å²) in [6.07, 6.45) is 4.63. The van der Waals surface area contributed by atoms with Gasteiger partial charge in [0.05, 0.1) is 11.3 Å². The Bertz CT molecular complexity index is 827. The smallest absolute Gasteiger partial charge is 0.239 e. The lowest BCUT2D eigenvalue weighted by atomic mass is 10.0. The number of hydrogen-bond acceptors (Lipinski definition) is 5. The zero-order valence-corrected chi connectivity index (χ0v) is 13.8. The van der Waals surface area contributed by atoms with Crippen LogP contribution in [0.2, 0.25) is 0 Å². The molecule has 1 amide bonds. The maximum absolute atomic E-state index is 13.2. The van der Waals surface area contributed by atoms with Gasteiger partial charge in [0.25, 0.3) is 0 Å². The highest BCUT2D eigenvalue weighted by molar-refractivity contribution is 5.93. The van der Waals surface area contributed by atoms with Crippen LogP contribution in [-0.2, 0) is 17.8 Å². The lowest BCUT2D eigenvalue weighted by Crippen LogP contribution is -2.12. The van der Waals surface area contributed by atoms with Gasteiger partial charge >= 0.3 is 0 Å². The number of hydrogen-bond donors (Lipinski definition) is 1. The number of aromatic nitrogens is 4. The predicted octanol–water partition coefficient (Wildman–Crippen LogP) is 3.05. The number of carbonyl (C=O) groups excluding carboxylic acids is 1. The van der Waals surface area contributed by atoms with Crippen LogP contribution < -0.4 is 5.32 Å². The molecule has 0 aliphatic rings. The summed E-state index contributed by atoms with van der Waals surface area (Å²) in [4.78, 5) is 16.0. The van der Waals surface area contributed by atoms with E-state index in [1.807, 2.05) is 6.92 Å². The number of benzene rings is 1. The first-order valence-corrected chi connectivity index (χ1v) is 8.04. The van der Waals surface area contributed by atoms with Crippen molar-refractivity contribution in [2.75, 3.05) is 5.32 Å². The monoisotopic (exact) mass is 343 g/mol. The van der Waals surface area contributed by atoms with Crippen molar-refractivity contribution in [3.63, 3.8) is 0 Å². The number of aryl methyl sites for hydroxylation is 2. The fraction of sp³-hybridized carbons (Fsp3) is 0.294. The number of nitrogens with zero attached hydrogens (tertiary/aromatic N) is 4. The van der Waals surface area contributed by atoms with Gasteiger partial charge in [-0.1, -0.05) is 24.2 Å². The first-order valence-electron chi connectivity index (χ1n) is 8.04. The summed E-state index contributed by atoms with van der Waals surface area (Å²) in [5.41, 5.74) is 2.15. The normalized spacial score (nSPS) is 10.8. The van der Waals surface area contributed by atoms with Crippen molar-refractivity contribution >= 4 is 11.8 Å². The molecule has 0 saturated heterocycles. The van der Waals surface area contributed by atoms with Crippen molar-refractivity contribution in [1.82, 2.24) is 19.9 Å². The van der Waals surface area contributed by atoms with Crippen molar-refractivity contribution in [2.45, 2.75) is 32.7 Å². The molecular formula is C17H18FN5O2. The molecule has 0 spiro atoms. The molecule has 3 aromatic rings. The Balaban J connectivity index is 1.68. The minimum absolute atomic E-state index is 0.178. The van der Waals surface area contributed by atoms with Gasteiger partial charge in [0.2, 0.25) is 11.8 Å². The van der Waals surface area contributed by atoms with Crippen molar-refractivity contribution in [1.29, 1.82) is 0 Å². The van der Waals surface area contributed by atoms with Crippen LogP contribution in [0.3, 0.4) is 0 Å². The zero-order chi connectivity index (χ0) is 17.6. The van der Waals surface area contributed by atoms with E-state index in [1.54, 1.807) is 23.1 Å². The number of rotatable bonds is 7. The highest BCUT2D eigenvalue weighted by Gasteiger charge is 2.18. The van der Waals surface area contributed by atoms with Crippen LogP contribution in [-0.4, -0.2) is 25.8 Å². The molecule has 1 aromatic carbocycles. The third kappa shape index (κ3) is 4.09. The average molecular weight is 343 g/mol. The summed E-state index contributed by atoms with van der Waals surface area (Å²) in [7, 11) is 0. The van der Waals surface area contributed by atoms with Gasteiger partial charge in [-0.25, -0.2) is 9.37 Å². The molecule has 0 fully saturated rings. The van der Waals surface area contributed by atoms with Crippen LogP contribution in [0.5, 0.6) is 0 Å². The molecule has 8 heteroatoms. The molecule has 2 heterocycles. The van der Waals surface area contributed by atoms with Gasteiger partial charge in [-0.3, -0.25) is 14.8 Å². The first kappa shape index (κ1) is 16.8. The third-order valence-corrected chi connectivity index (χ3v) is 3.74. The van der Waals surface area contributed by atoms with Crippen LogP contribution in [0, 0.1) is 5.82 Å². The number of anilines is 1. The third-order valence-electron chi connectivity index (χ3n) is 3.74. The number of amides is 1. The van der Waals surface area contributed by atoms with E-state index >= 15 is 0 Å². The molecule has 0 radical (unpaired) electrons. The van der Waals surface area contributed by atoms with Crippen LogP contribution in [0.15, 0.2) is 41.4 Å².